The Morgan fingerprint density at radius 3 is 2.42 bits per heavy atom. The molecule has 1 N–H and O–H groups in total. The highest BCUT2D eigenvalue weighted by Gasteiger charge is 2.46. The molecule has 4 rings (SSSR count). The molecule has 6 nitrogen and oxygen atoms in total. The Bertz CT molecular complexity index is 1330. The maximum Gasteiger partial charge on any atom is 0.295 e. The highest BCUT2D eigenvalue weighted by atomic mass is 16.5. The van der Waals surface area contributed by atoms with Gasteiger partial charge in [0, 0.05) is 20.3 Å². The van der Waals surface area contributed by atoms with Crippen LogP contribution in [0.1, 0.15) is 49.9 Å². The minimum Gasteiger partial charge on any atom is -0.507 e. The summed E-state index contributed by atoms with van der Waals surface area (Å²) in [4.78, 5) is 28.3. The number of carbonyl (C=O) groups is 2. The molecule has 1 unspecified atom stereocenters. The maximum absolute atomic E-state index is 13.5. The van der Waals surface area contributed by atoms with E-state index in [0.29, 0.717) is 30.9 Å². The first-order valence-electron chi connectivity index (χ1n) is 12.1. The number of nitrogens with zero attached hydrogens (tertiary/aromatic N) is 1. The van der Waals surface area contributed by atoms with Crippen molar-refractivity contribution in [1.29, 1.82) is 0 Å². The number of likely N-dealkylation sites (tertiary alicyclic amines) is 1. The predicted octanol–water partition coefficient (Wildman–Crippen LogP) is 5.60. The van der Waals surface area contributed by atoms with Crippen LogP contribution >= 0.6 is 0 Å². The molecule has 1 fully saturated rings. The van der Waals surface area contributed by atoms with Gasteiger partial charge in [-0.3, -0.25) is 9.59 Å². The van der Waals surface area contributed by atoms with Crippen molar-refractivity contribution in [1.82, 2.24) is 4.90 Å². The van der Waals surface area contributed by atoms with E-state index in [0.717, 1.165) is 21.9 Å². The topological polar surface area (TPSA) is 76.1 Å². The van der Waals surface area contributed by atoms with Crippen LogP contribution in [0.15, 0.2) is 66.2 Å². The predicted molar refractivity (Wildman–Crippen MR) is 141 cm³/mol. The van der Waals surface area contributed by atoms with E-state index < -0.39 is 17.7 Å². The van der Waals surface area contributed by atoms with Gasteiger partial charge in [-0.2, -0.15) is 0 Å². The van der Waals surface area contributed by atoms with Gasteiger partial charge in [-0.15, -0.1) is 0 Å². The van der Waals surface area contributed by atoms with Gasteiger partial charge in [0.25, 0.3) is 11.7 Å². The lowest BCUT2D eigenvalue weighted by Crippen LogP contribution is -2.31. The van der Waals surface area contributed by atoms with E-state index in [9.17, 15) is 14.7 Å². The zero-order chi connectivity index (χ0) is 26.0. The first-order chi connectivity index (χ1) is 17.2. The third-order valence-electron chi connectivity index (χ3n) is 6.73. The number of rotatable bonds is 7. The van der Waals surface area contributed by atoms with Gasteiger partial charge in [-0.05, 0) is 45.9 Å². The Morgan fingerprint density at radius 1 is 1.00 bits per heavy atom. The molecule has 6 heteroatoms. The van der Waals surface area contributed by atoms with Crippen LogP contribution in [0.3, 0.4) is 0 Å². The zero-order valence-corrected chi connectivity index (χ0v) is 21.5. The fourth-order valence-corrected chi connectivity index (χ4v) is 4.81. The molecule has 3 aromatic rings. The standard InChI is InChI=1S/C30H33NO5/c1-30(2,3)20-14-15-24(36-5)23(18-20)27(32)25-26(31(16-9-17-35-4)29(34)28(25)33)22-13-8-11-19-10-6-7-12-21(19)22/h6-8,10-15,18,26,32H,9,16-17H2,1-5H3/b27-25+. The van der Waals surface area contributed by atoms with Gasteiger partial charge in [0.1, 0.15) is 11.5 Å². The second kappa shape index (κ2) is 10.2. The van der Waals surface area contributed by atoms with Crippen LogP contribution in [-0.4, -0.2) is 49.1 Å². The summed E-state index contributed by atoms with van der Waals surface area (Å²) in [5.41, 5.74) is 2.03. The van der Waals surface area contributed by atoms with Crippen LogP contribution in [0.5, 0.6) is 5.75 Å². The maximum atomic E-state index is 13.5. The molecule has 0 aliphatic carbocycles. The first-order valence-corrected chi connectivity index (χ1v) is 12.1. The van der Waals surface area contributed by atoms with Crippen molar-refractivity contribution in [2.45, 2.75) is 38.6 Å². The second-order valence-electron chi connectivity index (χ2n) is 10.1. The smallest absolute Gasteiger partial charge is 0.295 e. The van der Waals surface area contributed by atoms with Crippen LogP contribution in [0.25, 0.3) is 16.5 Å². The van der Waals surface area contributed by atoms with Crippen molar-refractivity contribution < 1.29 is 24.2 Å². The van der Waals surface area contributed by atoms with Gasteiger partial charge < -0.3 is 19.5 Å². The second-order valence-corrected chi connectivity index (χ2v) is 10.1. The SMILES string of the molecule is COCCCN1C(=O)C(=O)/C(=C(/O)c2cc(C(C)(C)C)ccc2OC)C1c1cccc2ccccc12. The van der Waals surface area contributed by atoms with E-state index in [4.69, 9.17) is 9.47 Å². The Hall–Kier alpha value is -3.64. The molecule has 0 bridgehead atoms. The van der Waals surface area contributed by atoms with Gasteiger partial charge in [0.2, 0.25) is 0 Å². The highest BCUT2D eigenvalue weighted by Crippen LogP contribution is 2.43. The molecule has 1 amide bonds. The molecular formula is C30H33NO5. The van der Waals surface area contributed by atoms with Crippen molar-refractivity contribution in [2.24, 2.45) is 0 Å². The number of Topliss-reactive ketones (excluding diaryl/α,β-unsaturated/α-hetero) is 1. The van der Waals surface area contributed by atoms with E-state index >= 15 is 0 Å². The average molecular weight is 488 g/mol. The number of fused-ring (bicyclic) bond motifs is 1. The Balaban J connectivity index is 1.98. The largest absolute Gasteiger partial charge is 0.507 e. The monoisotopic (exact) mass is 487 g/mol. The fraction of sp³-hybridized carbons (Fsp3) is 0.333. The van der Waals surface area contributed by atoms with Crippen LogP contribution in [0.4, 0.5) is 0 Å². The van der Waals surface area contributed by atoms with Gasteiger partial charge in [0.15, 0.2) is 0 Å². The lowest BCUT2D eigenvalue weighted by molar-refractivity contribution is -0.140. The molecule has 1 atom stereocenters. The number of hydrogen-bond acceptors (Lipinski definition) is 5. The van der Waals surface area contributed by atoms with Crippen molar-refractivity contribution in [3.63, 3.8) is 0 Å². The van der Waals surface area contributed by atoms with E-state index in [1.54, 1.807) is 18.1 Å². The van der Waals surface area contributed by atoms with Crippen molar-refractivity contribution in [3.05, 3.63) is 82.9 Å². The summed E-state index contributed by atoms with van der Waals surface area (Å²) in [7, 11) is 3.12. The van der Waals surface area contributed by atoms with Crippen LogP contribution in [-0.2, 0) is 19.7 Å². The number of methoxy groups -OCH3 is 2. The highest BCUT2D eigenvalue weighted by molar-refractivity contribution is 6.46. The molecule has 188 valence electrons. The first kappa shape index (κ1) is 25.5. The van der Waals surface area contributed by atoms with Gasteiger partial charge in [-0.25, -0.2) is 0 Å². The zero-order valence-electron chi connectivity index (χ0n) is 21.5. The van der Waals surface area contributed by atoms with E-state index in [-0.39, 0.29) is 16.7 Å². The van der Waals surface area contributed by atoms with Crippen molar-refractivity contribution in [3.8, 4) is 5.75 Å². The van der Waals surface area contributed by atoms with Crippen molar-refractivity contribution in [2.75, 3.05) is 27.4 Å². The molecule has 1 aliphatic rings. The normalized spacial score (nSPS) is 17.7. The molecule has 0 saturated carbocycles. The number of aliphatic hydroxyl groups excluding tert-OH is 1. The third-order valence-corrected chi connectivity index (χ3v) is 6.73. The number of carbonyl (C=O) groups excluding carboxylic acids is 2. The number of hydrogen-bond donors (Lipinski definition) is 1. The molecule has 0 spiro atoms. The Labute approximate surface area is 212 Å². The summed E-state index contributed by atoms with van der Waals surface area (Å²) in [5, 5.41) is 13.6. The number of ether oxygens (including phenoxy) is 2. The quantitative estimate of drug-likeness (QED) is 0.203. The van der Waals surface area contributed by atoms with Crippen LogP contribution in [0.2, 0.25) is 0 Å². The molecule has 3 aromatic carbocycles. The summed E-state index contributed by atoms with van der Waals surface area (Å²) in [6.45, 7) is 6.99. The molecular weight excluding hydrogens is 454 g/mol. The number of aliphatic hydroxyl groups is 1. The molecule has 0 radical (unpaired) electrons. The lowest BCUT2D eigenvalue weighted by Gasteiger charge is -2.27. The minimum absolute atomic E-state index is 0.0677. The lowest BCUT2D eigenvalue weighted by atomic mass is 9.85. The van der Waals surface area contributed by atoms with E-state index in [1.165, 1.54) is 7.11 Å². The Morgan fingerprint density at radius 2 is 1.72 bits per heavy atom. The average Bonchev–Trinajstić information content (AvgIpc) is 3.12. The van der Waals surface area contributed by atoms with Gasteiger partial charge in [0.05, 0.1) is 24.3 Å². The van der Waals surface area contributed by atoms with E-state index in [1.807, 2.05) is 54.6 Å². The number of amides is 1. The van der Waals surface area contributed by atoms with E-state index in [2.05, 4.69) is 20.8 Å². The summed E-state index contributed by atoms with van der Waals surface area (Å²) in [6.07, 6.45) is 0.563. The van der Waals surface area contributed by atoms with Crippen LogP contribution < -0.4 is 4.74 Å². The Kier molecular flexibility index (Phi) is 7.18. The molecule has 0 aromatic heterocycles. The van der Waals surface area contributed by atoms with Gasteiger partial charge in [-0.1, -0.05) is 69.3 Å². The molecule has 1 saturated heterocycles. The van der Waals surface area contributed by atoms with Crippen molar-refractivity contribution >= 4 is 28.2 Å². The molecule has 1 heterocycles. The molecule has 1 aliphatic heterocycles. The summed E-state index contributed by atoms with van der Waals surface area (Å²) in [5.74, 6) is -1.13. The van der Waals surface area contributed by atoms with Gasteiger partial charge >= 0.3 is 0 Å². The van der Waals surface area contributed by atoms with Crippen LogP contribution in [0, 0.1) is 0 Å². The number of benzene rings is 3. The fourth-order valence-electron chi connectivity index (χ4n) is 4.81. The number of ketones is 1. The minimum atomic E-state index is -0.740. The summed E-state index contributed by atoms with van der Waals surface area (Å²) < 4.78 is 10.7. The third kappa shape index (κ3) is 4.61. The summed E-state index contributed by atoms with van der Waals surface area (Å²) >= 11 is 0. The molecule has 36 heavy (non-hydrogen) atoms. The summed E-state index contributed by atoms with van der Waals surface area (Å²) in [6, 6.07) is 18.5.